The summed E-state index contributed by atoms with van der Waals surface area (Å²) in [7, 11) is -1.72. The summed E-state index contributed by atoms with van der Waals surface area (Å²) < 4.78 is 12.4. The highest BCUT2D eigenvalue weighted by Gasteiger charge is 2.58. The molecule has 34 heavy (non-hydrogen) atoms. The van der Waals surface area contributed by atoms with Crippen LogP contribution in [-0.4, -0.2) is 55.5 Å². The lowest BCUT2D eigenvalue weighted by molar-refractivity contribution is -0.148. The van der Waals surface area contributed by atoms with Gasteiger partial charge in [0.2, 0.25) is 5.91 Å². The van der Waals surface area contributed by atoms with Gasteiger partial charge in [0.05, 0.1) is 5.92 Å². The summed E-state index contributed by atoms with van der Waals surface area (Å²) in [5.74, 6) is -0.845. The maximum absolute atomic E-state index is 13.6. The second kappa shape index (κ2) is 11.2. The number of aliphatic hydroxyl groups excluding tert-OH is 1. The van der Waals surface area contributed by atoms with Gasteiger partial charge in [0.25, 0.3) is 0 Å². The highest BCUT2D eigenvalue weighted by Crippen LogP contribution is 2.48. The van der Waals surface area contributed by atoms with Crippen LogP contribution >= 0.6 is 0 Å². The minimum absolute atomic E-state index is 0.103. The van der Waals surface area contributed by atoms with Crippen LogP contribution in [-0.2, 0) is 20.5 Å². The number of benzene rings is 1. The third-order valence-corrected chi connectivity index (χ3v) is 7.15. The first kappa shape index (κ1) is 28.3. The minimum atomic E-state index is -1.72. The molecule has 0 spiro atoms. The van der Waals surface area contributed by atoms with Gasteiger partial charge in [0.15, 0.2) is 9.04 Å². The molecule has 1 aliphatic heterocycles. The van der Waals surface area contributed by atoms with Crippen LogP contribution in [0.25, 0.3) is 0 Å². The topological polar surface area (TPSA) is 88.1 Å². The summed E-state index contributed by atoms with van der Waals surface area (Å²) in [6.07, 6.45) is 0.232. The number of rotatable bonds is 8. The maximum Gasteiger partial charge on any atom is 0.412 e. The molecule has 1 aromatic carbocycles. The van der Waals surface area contributed by atoms with E-state index in [1.165, 1.54) is 0 Å². The zero-order valence-electron chi connectivity index (χ0n) is 22.2. The van der Waals surface area contributed by atoms with Crippen molar-refractivity contribution in [2.45, 2.75) is 85.3 Å². The Morgan fingerprint density at radius 3 is 2.29 bits per heavy atom. The molecule has 0 saturated carbocycles. The molecule has 1 unspecified atom stereocenters. The van der Waals surface area contributed by atoms with Crippen molar-refractivity contribution >= 4 is 21.0 Å². The number of likely N-dealkylation sites (tertiary alicyclic amines) is 1. The number of carbonyl (C=O) groups is 2. The van der Waals surface area contributed by atoms with Crippen molar-refractivity contribution in [3.8, 4) is 0 Å². The molecule has 8 heteroatoms. The van der Waals surface area contributed by atoms with Gasteiger partial charge < -0.3 is 19.6 Å². The van der Waals surface area contributed by atoms with Crippen molar-refractivity contribution in [3.63, 3.8) is 0 Å². The van der Waals surface area contributed by atoms with E-state index in [4.69, 9.17) is 9.16 Å². The lowest BCUT2D eigenvalue weighted by Gasteiger charge is -2.45. The number of hydrogen-bond acceptors (Lipinski definition) is 5. The van der Waals surface area contributed by atoms with Gasteiger partial charge in [0, 0.05) is 26.1 Å². The Morgan fingerprint density at radius 1 is 1.18 bits per heavy atom. The number of amides is 2. The number of hydrogen-bond donors (Lipinski definition) is 2. The van der Waals surface area contributed by atoms with Crippen LogP contribution in [0, 0.1) is 17.3 Å². The van der Waals surface area contributed by atoms with Crippen molar-refractivity contribution < 1.29 is 23.9 Å². The Labute approximate surface area is 206 Å². The summed E-state index contributed by atoms with van der Waals surface area (Å²) in [4.78, 5) is 28.8. The molecule has 3 atom stereocenters. The Hall–Kier alpha value is -1.90. The third kappa shape index (κ3) is 7.30. The smallest absolute Gasteiger partial charge is 0.412 e. The van der Waals surface area contributed by atoms with Gasteiger partial charge in [-0.05, 0) is 57.2 Å². The van der Waals surface area contributed by atoms with E-state index in [2.05, 4.69) is 26.1 Å². The SMILES string of the molecule is C[SiH](C)O[C@]1(C(CCO)C(=O)NCc2ccccc2)C[C@H](C(C)(C)C)CN1C(=O)OC(C)(C)C. The average molecular weight is 493 g/mol. The van der Waals surface area contributed by atoms with E-state index in [0.717, 1.165) is 5.56 Å². The van der Waals surface area contributed by atoms with Gasteiger partial charge in [-0.1, -0.05) is 51.1 Å². The molecular formula is C26H44N2O5Si. The first-order chi connectivity index (χ1) is 15.7. The fraction of sp³-hybridized carbons (Fsp3) is 0.692. The van der Waals surface area contributed by atoms with E-state index in [-0.39, 0.29) is 30.3 Å². The number of carbonyl (C=O) groups excluding carboxylic acids is 2. The zero-order chi connectivity index (χ0) is 25.7. The quantitative estimate of drug-likeness (QED) is 0.528. The molecule has 192 valence electrons. The summed E-state index contributed by atoms with van der Waals surface area (Å²) in [5.41, 5.74) is -0.965. The van der Waals surface area contributed by atoms with Crippen LogP contribution in [0.1, 0.15) is 59.9 Å². The highest BCUT2D eigenvalue weighted by molar-refractivity contribution is 6.48. The van der Waals surface area contributed by atoms with Gasteiger partial charge in [-0.2, -0.15) is 0 Å². The normalized spacial score (nSPS) is 22.1. The van der Waals surface area contributed by atoms with Gasteiger partial charge in [-0.25, -0.2) is 4.79 Å². The van der Waals surface area contributed by atoms with Gasteiger partial charge >= 0.3 is 6.09 Å². The van der Waals surface area contributed by atoms with Crippen molar-refractivity contribution in [2.24, 2.45) is 17.3 Å². The predicted molar refractivity (Wildman–Crippen MR) is 137 cm³/mol. The molecule has 0 radical (unpaired) electrons. The third-order valence-electron chi connectivity index (χ3n) is 6.27. The summed E-state index contributed by atoms with van der Waals surface area (Å²) >= 11 is 0. The number of nitrogens with one attached hydrogen (secondary N) is 1. The average Bonchev–Trinajstić information content (AvgIpc) is 3.09. The van der Waals surface area contributed by atoms with Crippen molar-refractivity contribution in [2.75, 3.05) is 13.2 Å². The molecule has 1 aliphatic rings. The Morgan fingerprint density at radius 2 is 1.79 bits per heavy atom. The minimum Gasteiger partial charge on any atom is -0.444 e. The highest BCUT2D eigenvalue weighted by atomic mass is 28.3. The predicted octanol–water partition coefficient (Wildman–Crippen LogP) is 4.30. The van der Waals surface area contributed by atoms with E-state index in [9.17, 15) is 14.7 Å². The molecule has 2 N–H and O–H groups in total. The zero-order valence-corrected chi connectivity index (χ0v) is 23.3. The molecule has 2 amide bonds. The van der Waals surface area contributed by atoms with Crippen LogP contribution in [0.3, 0.4) is 0 Å². The maximum atomic E-state index is 13.6. The summed E-state index contributed by atoms with van der Waals surface area (Å²) in [6.45, 7) is 16.6. The molecule has 7 nitrogen and oxygen atoms in total. The standard InChI is InChI=1S/C26H44N2O5Si/c1-24(2,3)20-16-26(33-34(7)8,28(18-20)23(31)32-25(4,5)6)21(14-15-29)22(30)27-17-19-12-10-9-11-13-19/h9-13,20-21,29,34H,14-18H2,1-8H3,(H,27,30)/t20-,21?,26-/m0/s1. The Kier molecular flexibility index (Phi) is 9.35. The number of ether oxygens (including phenoxy) is 1. The lowest BCUT2D eigenvalue weighted by Crippen LogP contribution is -2.60. The van der Waals surface area contributed by atoms with Crippen LogP contribution in [0.15, 0.2) is 30.3 Å². The van der Waals surface area contributed by atoms with Crippen LogP contribution in [0.4, 0.5) is 4.79 Å². The molecule has 0 bridgehead atoms. The first-order valence-corrected chi connectivity index (χ1v) is 15.1. The molecule has 1 saturated heterocycles. The van der Waals surface area contributed by atoms with Crippen LogP contribution in [0.5, 0.6) is 0 Å². The molecule has 0 aromatic heterocycles. The summed E-state index contributed by atoms with van der Waals surface area (Å²) in [5, 5.41) is 13.0. The molecule has 1 fully saturated rings. The number of aliphatic hydroxyl groups is 1. The Balaban J connectivity index is 2.49. The molecular weight excluding hydrogens is 448 g/mol. The van der Waals surface area contributed by atoms with Crippen molar-refractivity contribution in [1.82, 2.24) is 10.2 Å². The lowest BCUT2D eigenvalue weighted by atomic mass is 9.76. The van der Waals surface area contributed by atoms with E-state index in [1.54, 1.807) is 4.90 Å². The monoisotopic (exact) mass is 492 g/mol. The first-order valence-electron chi connectivity index (χ1n) is 12.3. The van der Waals surface area contributed by atoms with Crippen LogP contribution in [0.2, 0.25) is 13.1 Å². The van der Waals surface area contributed by atoms with E-state index in [0.29, 0.717) is 19.5 Å². The molecule has 0 aliphatic carbocycles. The second-order valence-corrected chi connectivity index (χ2v) is 14.0. The fourth-order valence-electron chi connectivity index (χ4n) is 4.56. The second-order valence-electron chi connectivity index (χ2n) is 11.6. The van der Waals surface area contributed by atoms with E-state index < -0.39 is 32.4 Å². The fourth-order valence-corrected chi connectivity index (χ4v) is 5.76. The molecule has 1 heterocycles. The Bertz CT molecular complexity index is 819. The van der Waals surface area contributed by atoms with E-state index in [1.807, 2.05) is 64.2 Å². The molecule has 2 rings (SSSR count). The van der Waals surface area contributed by atoms with Crippen molar-refractivity contribution in [1.29, 1.82) is 0 Å². The van der Waals surface area contributed by atoms with Gasteiger partial charge in [0.1, 0.15) is 11.3 Å². The summed E-state index contributed by atoms with van der Waals surface area (Å²) in [6, 6.07) is 9.69. The molecule has 1 aromatic rings. The number of nitrogens with zero attached hydrogens (tertiary/aromatic N) is 1. The van der Waals surface area contributed by atoms with Gasteiger partial charge in [-0.3, -0.25) is 9.69 Å². The van der Waals surface area contributed by atoms with E-state index >= 15 is 0 Å². The van der Waals surface area contributed by atoms with Crippen molar-refractivity contribution in [3.05, 3.63) is 35.9 Å². The largest absolute Gasteiger partial charge is 0.444 e. The van der Waals surface area contributed by atoms with Crippen LogP contribution < -0.4 is 5.32 Å². The van der Waals surface area contributed by atoms with Gasteiger partial charge in [-0.15, -0.1) is 0 Å².